The van der Waals surface area contributed by atoms with Crippen LogP contribution in [-0.2, 0) is 9.47 Å². The van der Waals surface area contributed by atoms with Crippen LogP contribution < -0.4 is 10.2 Å². The summed E-state index contributed by atoms with van der Waals surface area (Å²) in [6.45, 7) is 3.51. The molecule has 0 radical (unpaired) electrons. The summed E-state index contributed by atoms with van der Waals surface area (Å²) in [6.07, 6.45) is 2.89. The fourth-order valence-electron chi connectivity index (χ4n) is 2.32. The second-order valence-corrected chi connectivity index (χ2v) is 5.42. The Balaban J connectivity index is 2.42. The van der Waals surface area contributed by atoms with Crippen molar-refractivity contribution in [2.24, 2.45) is 0 Å². The van der Waals surface area contributed by atoms with Gasteiger partial charge in [-0.2, -0.15) is 0 Å². The summed E-state index contributed by atoms with van der Waals surface area (Å²) in [7, 11) is 3.14. The Kier molecular flexibility index (Phi) is 7.18. The topological polar surface area (TPSA) is 116 Å². The number of anilines is 3. The van der Waals surface area contributed by atoms with Crippen molar-refractivity contribution in [1.82, 2.24) is 15.0 Å². The van der Waals surface area contributed by atoms with E-state index in [4.69, 9.17) is 9.47 Å². The number of nitro groups is 1. The van der Waals surface area contributed by atoms with Gasteiger partial charge in [-0.05, 0) is 18.6 Å². The van der Waals surface area contributed by atoms with Gasteiger partial charge in [0.2, 0.25) is 11.6 Å². The minimum Gasteiger partial charge on any atom is -0.383 e. The minimum absolute atomic E-state index is 0.0848. The zero-order valence-electron chi connectivity index (χ0n) is 15.0. The van der Waals surface area contributed by atoms with Crippen molar-refractivity contribution in [3.63, 3.8) is 0 Å². The van der Waals surface area contributed by atoms with E-state index in [1.807, 2.05) is 13.0 Å². The highest BCUT2D eigenvalue weighted by molar-refractivity contribution is 5.74. The molecule has 10 nitrogen and oxygen atoms in total. The van der Waals surface area contributed by atoms with Gasteiger partial charge < -0.3 is 19.7 Å². The summed E-state index contributed by atoms with van der Waals surface area (Å²) in [4.78, 5) is 25.4. The fraction of sp³-hybridized carbons (Fsp3) is 0.438. The molecule has 0 fully saturated rings. The zero-order chi connectivity index (χ0) is 18.9. The van der Waals surface area contributed by atoms with Gasteiger partial charge in [0.25, 0.3) is 0 Å². The van der Waals surface area contributed by atoms with E-state index in [1.165, 1.54) is 6.33 Å². The highest BCUT2D eigenvalue weighted by atomic mass is 16.6. The predicted molar refractivity (Wildman–Crippen MR) is 96.9 cm³/mol. The van der Waals surface area contributed by atoms with Crippen molar-refractivity contribution >= 4 is 23.1 Å². The molecule has 0 saturated heterocycles. The quantitative estimate of drug-likeness (QED) is 0.500. The number of methoxy groups -OCH3 is 2. The highest BCUT2D eigenvalue weighted by Crippen LogP contribution is 2.33. The average Bonchev–Trinajstić information content (AvgIpc) is 2.63. The Hall–Kier alpha value is -2.85. The Morgan fingerprint density at radius 2 is 1.85 bits per heavy atom. The first-order chi connectivity index (χ1) is 12.6. The second-order valence-electron chi connectivity index (χ2n) is 5.42. The molecule has 1 N–H and O–H groups in total. The van der Waals surface area contributed by atoms with Crippen molar-refractivity contribution in [3.8, 4) is 0 Å². The van der Waals surface area contributed by atoms with Crippen LogP contribution in [0.15, 0.2) is 24.7 Å². The number of ether oxygens (including phenoxy) is 2. The maximum atomic E-state index is 11.7. The van der Waals surface area contributed by atoms with Gasteiger partial charge >= 0.3 is 5.69 Å². The first-order valence-corrected chi connectivity index (χ1v) is 7.99. The van der Waals surface area contributed by atoms with Gasteiger partial charge in [0.05, 0.1) is 18.1 Å². The molecule has 140 valence electrons. The van der Waals surface area contributed by atoms with Gasteiger partial charge in [0.15, 0.2) is 0 Å². The highest BCUT2D eigenvalue weighted by Gasteiger charge is 2.27. The third-order valence-electron chi connectivity index (χ3n) is 3.66. The minimum atomic E-state index is -0.497. The van der Waals surface area contributed by atoms with Crippen molar-refractivity contribution in [2.75, 3.05) is 50.7 Å². The Morgan fingerprint density at radius 3 is 2.42 bits per heavy atom. The molecule has 26 heavy (non-hydrogen) atoms. The number of nitrogens with zero attached hydrogens (tertiary/aromatic N) is 5. The molecule has 2 aromatic heterocycles. The second kappa shape index (κ2) is 9.59. The molecule has 10 heteroatoms. The maximum Gasteiger partial charge on any atom is 0.353 e. The number of rotatable bonds is 10. The van der Waals surface area contributed by atoms with Gasteiger partial charge in [-0.3, -0.25) is 10.1 Å². The van der Waals surface area contributed by atoms with Crippen LogP contribution in [-0.4, -0.2) is 60.4 Å². The molecule has 0 aliphatic rings. The SMILES string of the molecule is COCCN(CCOC)c1ncnc(Nc2ncccc2C)c1[N+](=O)[O-]. The first-order valence-electron chi connectivity index (χ1n) is 7.99. The molecule has 0 amide bonds. The summed E-state index contributed by atoms with van der Waals surface area (Å²) in [5.74, 6) is 0.789. The largest absolute Gasteiger partial charge is 0.383 e. The lowest BCUT2D eigenvalue weighted by molar-refractivity contribution is -0.383. The smallest absolute Gasteiger partial charge is 0.353 e. The lowest BCUT2D eigenvalue weighted by Gasteiger charge is -2.23. The molecule has 0 atom stereocenters. The molecule has 0 bridgehead atoms. The van der Waals surface area contributed by atoms with Crippen LogP contribution in [0.3, 0.4) is 0 Å². The van der Waals surface area contributed by atoms with Crippen LogP contribution in [0.1, 0.15) is 5.56 Å². The van der Waals surface area contributed by atoms with Crippen LogP contribution in [0.5, 0.6) is 0 Å². The van der Waals surface area contributed by atoms with Crippen LogP contribution in [0.4, 0.5) is 23.1 Å². The number of nitrogens with one attached hydrogen (secondary N) is 1. The molecule has 0 spiro atoms. The normalized spacial score (nSPS) is 10.6. The monoisotopic (exact) mass is 362 g/mol. The Labute approximate surface area is 151 Å². The van der Waals surface area contributed by atoms with Gasteiger partial charge in [-0.25, -0.2) is 15.0 Å². The van der Waals surface area contributed by atoms with Crippen molar-refractivity contribution in [1.29, 1.82) is 0 Å². The van der Waals surface area contributed by atoms with Crippen molar-refractivity contribution < 1.29 is 14.4 Å². The van der Waals surface area contributed by atoms with Crippen LogP contribution in [0.25, 0.3) is 0 Å². The molecule has 2 aromatic rings. The van der Waals surface area contributed by atoms with Crippen LogP contribution in [0, 0.1) is 17.0 Å². The van der Waals surface area contributed by atoms with E-state index in [2.05, 4.69) is 20.3 Å². The molecule has 2 rings (SSSR count). The first kappa shape index (κ1) is 19.5. The summed E-state index contributed by atoms with van der Waals surface area (Å²) < 4.78 is 10.2. The Bertz CT molecular complexity index is 734. The van der Waals surface area contributed by atoms with E-state index in [1.54, 1.807) is 31.4 Å². The molecule has 0 unspecified atom stereocenters. The standard InChI is InChI=1S/C16H22N6O4/c1-12-5-4-6-17-14(12)20-15-13(22(23)24)16(19-11-18-15)21(7-9-25-2)8-10-26-3/h4-6,11H,7-10H2,1-3H3,(H,17,18,19,20). The van der Waals surface area contributed by atoms with Crippen LogP contribution >= 0.6 is 0 Å². The fourth-order valence-corrected chi connectivity index (χ4v) is 2.32. The van der Waals surface area contributed by atoms with E-state index in [0.717, 1.165) is 5.56 Å². The molecule has 2 heterocycles. The van der Waals surface area contributed by atoms with E-state index in [-0.39, 0.29) is 17.3 Å². The van der Waals surface area contributed by atoms with Gasteiger partial charge in [0, 0.05) is 33.5 Å². The number of hydrogen-bond donors (Lipinski definition) is 1. The lowest BCUT2D eigenvalue weighted by Crippen LogP contribution is -2.32. The van der Waals surface area contributed by atoms with Gasteiger partial charge in [-0.1, -0.05) is 6.07 Å². The lowest BCUT2D eigenvalue weighted by atomic mass is 10.3. The zero-order valence-corrected chi connectivity index (χ0v) is 15.0. The number of hydrogen-bond acceptors (Lipinski definition) is 9. The van der Waals surface area contributed by atoms with Crippen molar-refractivity contribution in [2.45, 2.75) is 6.92 Å². The van der Waals surface area contributed by atoms with E-state index in [0.29, 0.717) is 32.1 Å². The molecular formula is C16H22N6O4. The molecular weight excluding hydrogens is 340 g/mol. The maximum absolute atomic E-state index is 11.7. The third kappa shape index (κ3) is 4.83. The number of aromatic nitrogens is 3. The summed E-state index contributed by atoms with van der Waals surface area (Å²) in [5.41, 5.74) is 0.627. The van der Waals surface area contributed by atoms with E-state index in [9.17, 15) is 10.1 Å². The van der Waals surface area contributed by atoms with Gasteiger partial charge in [0.1, 0.15) is 12.1 Å². The summed E-state index contributed by atoms with van der Waals surface area (Å²) >= 11 is 0. The predicted octanol–water partition coefficient (Wildman–Crippen LogP) is 1.93. The molecule has 0 aliphatic heterocycles. The van der Waals surface area contributed by atoms with Gasteiger partial charge in [-0.15, -0.1) is 0 Å². The van der Waals surface area contributed by atoms with E-state index < -0.39 is 4.92 Å². The summed E-state index contributed by atoms with van der Waals surface area (Å²) in [6, 6.07) is 3.64. The number of aryl methyl sites for hydroxylation is 1. The number of pyridine rings is 1. The van der Waals surface area contributed by atoms with Crippen LogP contribution in [0.2, 0.25) is 0 Å². The third-order valence-corrected chi connectivity index (χ3v) is 3.66. The van der Waals surface area contributed by atoms with E-state index >= 15 is 0 Å². The average molecular weight is 362 g/mol. The molecule has 0 aliphatic carbocycles. The molecule has 0 saturated carbocycles. The molecule has 0 aromatic carbocycles. The van der Waals surface area contributed by atoms with Crippen molar-refractivity contribution in [3.05, 3.63) is 40.3 Å². The Morgan fingerprint density at radius 1 is 1.15 bits per heavy atom. The summed E-state index contributed by atoms with van der Waals surface area (Å²) in [5, 5.41) is 14.7.